The summed E-state index contributed by atoms with van der Waals surface area (Å²) in [6, 6.07) is 5.00. The third-order valence-electron chi connectivity index (χ3n) is 2.04. The van der Waals surface area contributed by atoms with Crippen LogP contribution in [0, 0.1) is 5.82 Å². The molecule has 0 radical (unpaired) electrons. The maximum atomic E-state index is 13.3. The van der Waals surface area contributed by atoms with Crippen LogP contribution in [-0.2, 0) is 6.42 Å². The van der Waals surface area contributed by atoms with Gasteiger partial charge >= 0.3 is 0 Å². The second-order valence-electron chi connectivity index (χ2n) is 2.94. The van der Waals surface area contributed by atoms with Crippen LogP contribution in [0.2, 0.25) is 0 Å². The number of benzene rings is 1. The van der Waals surface area contributed by atoms with E-state index in [9.17, 15) is 4.39 Å². The first kappa shape index (κ1) is 11.0. The van der Waals surface area contributed by atoms with E-state index in [1.165, 1.54) is 6.07 Å². The van der Waals surface area contributed by atoms with Gasteiger partial charge in [0.25, 0.3) is 0 Å². The molecule has 0 saturated heterocycles. The average Bonchev–Trinajstić information content (AvgIpc) is 2.52. The summed E-state index contributed by atoms with van der Waals surface area (Å²) < 4.78 is 18.3. The van der Waals surface area contributed by atoms with E-state index >= 15 is 0 Å². The molecule has 0 aliphatic heterocycles. The van der Waals surface area contributed by atoms with Crippen molar-refractivity contribution in [2.45, 2.75) is 6.42 Å². The number of halogens is 2. The third kappa shape index (κ3) is 1.89. The summed E-state index contributed by atoms with van der Waals surface area (Å²) in [5, 5.41) is 0.921. The minimum atomic E-state index is -0.243. The minimum Gasteiger partial charge on any atom is -0.464 e. The van der Waals surface area contributed by atoms with Crippen LogP contribution in [0.4, 0.5) is 4.39 Å². The molecule has 2 aromatic rings. The van der Waals surface area contributed by atoms with E-state index in [2.05, 4.69) is 0 Å². The van der Waals surface area contributed by atoms with Crippen LogP contribution < -0.4 is 5.73 Å². The number of rotatable bonds is 2. The van der Waals surface area contributed by atoms with Gasteiger partial charge in [0.15, 0.2) is 0 Å². The lowest BCUT2D eigenvalue weighted by Gasteiger charge is -2.00. The van der Waals surface area contributed by atoms with E-state index in [0.717, 1.165) is 5.39 Å². The van der Waals surface area contributed by atoms with Gasteiger partial charge < -0.3 is 10.2 Å². The van der Waals surface area contributed by atoms with Crippen molar-refractivity contribution in [2.24, 2.45) is 5.73 Å². The summed E-state index contributed by atoms with van der Waals surface area (Å²) >= 11 is 0. The van der Waals surface area contributed by atoms with Crippen LogP contribution in [0.25, 0.3) is 11.0 Å². The van der Waals surface area contributed by atoms with Crippen molar-refractivity contribution in [2.75, 3.05) is 6.54 Å². The van der Waals surface area contributed by atoms with Crippen molar-refractivity contribution in [3.8, 4) is 0 Å². The Hall–Kier alpha value is -1.06. The Bertz CT molecular complexity index is 427. The molecule has 2 rings (SSSR count). The van der Waals surface area contributed by atoms with Crippen molar-refractivity contribution < 1.29 is 8.81 Å². The van der Waals surface area contributed by atoms with Crippen LogP contribution in [0.1, 0.15) is 5.56 Å². The van der Waals surface area contributed by atoms with Gasteiger partial charge in [-0.1, -0.05) is 0 Å². The Balaban J connectivity index is 0.000000980. The fraction of sp³-hybridized carbons (Fsp3) is 0.200. The van der Waals surface area contributed by atoms with Crippen LogP contribution >= 0.6 is 12.4 Å². The molecule has 1 aromatic carbocycles. The van der Waals surface area contributed by atoms with Gasteiger partial charge in [0.05, 0.1) is 6.26 Å². The molecule has 0 atom stereocenters. The number of hydrogen-bond donors (Lipinski definition) is 1. The summed E-state index contributed by atoms with van der Waals surface area (Å²) in [4.78, 5) is 0. The molecule has 1 aromatic heterocycles. The lowest BCUT2D eigenvalue weighted by molar-refractivity contribution is 0.590. The Kier molecular flexibility index (Phi) is 3.49. The summed E-state index contributed by atoms with van der Waals surface area (Å²) in [6.07, 6.45) is 2.11. The monoisotopic (exact) mass is 215 g/mol. The highest BCUT2D eigenvalue weighted by Crippen LogP contribution is 2.20. The highest BCUT2D eigenvalue weighted by molar-refractivity contribution is 5.85. The summed E-state index contributed by atoms with van der Waals surface area (Å²) in [5.41, 5.74) is 6.59. The van der Waals surface area contributed by atoms with Gasteiger partial charge in [-0.05, 0) is 30.7 Å². The van der Waals surface area contributed by atoms with Gasteiger partial charge in [-0.3, -0.25) is 0 Å². The van der Waals surface area contributed by atoms with Crippen molar-refractivity contribution in [3.63, 3.8) is 0 Å². The van der Waals surface area contributed by atoms with E-state index in [-0.39, 0.29) is 18.2 Å². The van der Waals surface area contributed by atoms with Gasteiger partial charge in [0.2, 0.25) is 0 Å². The lowest BCUT2D eigenvalue weighted by atomic mass is 10.1. The molecule has 2 nitrogen and oxygen atoms in total. The zero-order valence-electron chi connectivity index (χ0n) is 7.50. The average molecular weight is 216 g/mol. The first-order valence-electron chi connectivity index (χ1n) is 4.17. The molecule has 0 amide bonds. The molecular formula is C10H11ClFNO. The molecule has 14 heavy (non-hydrogen) atoms. The molecular weight excluding hydrogens is 205 g/mol. The van der Waals surface area contributed by atoms with Crippen LogP contribution in [0.15, 0.2) is 28.9 Å². The second kappa shape index (κ2) is 4.44. The first-order valence-corrected chi connectivity index (χ1v) is 4.17. The largest absolute Gasteiger partial charge is 0.464 e. The van der Waals surface area contributed by atoms with Crippen molar-refractivity contribution in [1.29, 1.82) is 0 Å². The number of hydrogen-bond acceptors (Lipinski definition) is 2. The second-order valence-corrected chi connectivity index (χ2v) is 2.94. The van der Waals surface area contributed by atoms with Gasteiger partial charge in [-0.15, -0.1) is 12.4 Å². The maximum Gasteiger partial charge on any atom is 0.136 e. The SMILES string of the molecule is Cl.NCCc1cc2ccoc2cc1F. The Morgan fingerprint density at radius 3 is 2.86 bits per heavy atom. The van der Waals surface area contributed by atoms with E-state index in [1.54, 1.807) is 12.3 Å². The first-order chi connectivity index (χ1) is 6.31. The number of furan rings is 1. The summed E-state index contributed by atoms with van der Waals surface area (Å²) in [6.45, 7) is 0.459. The fourth-order valence-corrected chi connectivity index (χ4v) is 1.38. The predicted octanol–water partition coefficient (Wildman–Crippen LogP) is 2.49. The van der Waals surface area contributed by atoms with E-state index in [1.807, 2.05) is 6.07 Å². The molecule has 0 unspecified atom stereocenters. The maximum absolute atomic E-state index is 13.3. The van der Waals surface area contributed by atoms with E-state index in [0.29, 0.717) is 24.1 Å². The molecule has 1 heterocycles. The van der Waals surface area contributed by atoms with Gasteiger partial charge in [0, 0.05) is 11.5 Å². The highest BCUT2D eigenvalue weighted by atomic mass is 35.5. The molecule has 0 aliphatic carbocycles. The topological polar surface area (TPSA) is 39.2 Å². The smallest absolute Gasteiger partial charge is 0.136 e. The Morgan fingerprint density at radius 2 is 2.14 bits per heavy atom. The standard InChI is InChI=1S/C10H10FNO.ClH/c11-9-6-10-8(2-4-13-10)5-7(9)1-3-12;/h2,4-6H,1,3,12H2;1H. The lowest BCUT2D eigenvalue weighted by Crippen LogP contribution is -2.04. The Morgan fingerprint density at radius 1 is 1.36 bits per heavy atom. The molecule has 76 valence electrons. The van der Waals surface area contributed by atoms with Crippen molar-refractivity contribution >= 4 is 23.4 Å². The van der Waals surface area contributed by atoms with Crippen LogP contribution in [0.5, 0.6) is 0 Å². The van der Waals surface area contributed by atoms with Crippen LogP contribution in [-0.4, -0.2) is 6.54 Å². The molecule has 0 bridgehead atoms. The number of fused-ring (bicyclic) bond motifs is 1. The number of nitrogens with two attached hydrogens (primary N) is 1. The fourth-order valence-electron chi connectivity index (χ4n) is 1.38. The Labute approximate surface area is 87.3 Å². The highest BCUT2D eigenvalue weighted by Gasteiger charge is 2.05. The third-order valence-corrected chi connectivity index (χ3v) is 2.04. The molecule has 0 spiro atoms. The molecule has 2 N–H and O–H groups in total. The zero-order valence-corrected chi connectivity index (χ0v) is 8.31. The molecule has 0 fully saturated rings. The van der Waals surface area contributed by atoms with E-state index in [4.69, 9.17) is 10.2 Å². The van der Waals surface area contributed by atoms with Gasteiger partial charge in [0.1, 0.15) is 11.4 Å². The molecule has 4 heteroatoms. The van der Waals surface area contributed by atoms with Crippen molar-refractivity contribution in [1.82, 2.24) is 0 Å². The van der Waals surface area contributed by atoms with Gasteiger partial charge in [-0.2, -0.15) is 0 Å². The van der Waals surface area contributed by atoms with Crippen molar-refractivity contribution in [3.05, 3.63) is 35.8 Å². The summed E-state index contributed by atoms with van der Waals surface area (Å²) in [5.74, 6) is -0.243. The summed E-state index contributed by atoms with van der Waals surface area (Å²) in [7, 11) is 0. The molecule has 0 aliphatic rings. The minimum absolute atomic E-state index is 0. The molecule has 0 saturated carbocycles. The normalized spacial score (nSPS) is 10.1. The quantitative estimate of drug-likeness (QED) is 0.836. The zero-order chi connectivity index (χ0) is 9.26. The predicted molar refractivity (Wildman–Crippen MR) is 56.2 cm³/mol. The van der Waals surface area contributed by atoms with Gasteiger partial charge in [-0.25, -0.2) is 4.39 Å². The van der Waals surface area contributed by atoms with Crippen LogP contribution in [0.3, 0.4) is 0 Å². The van der Waals surface area contributed by atoms with E-state index < -0.39 is 0 Å².